The number of rotatable bonds is 2. The molecule has 0 amide bonds. The standard InChI is InChI=1S/C20H19NO/c22-20(16-10-2-1-3-11-16)21-14-18(15-8-4-5-9-15)17-12-6-7-13-19(17)21/h1-3,6-7,10-15H,4-5,8-9H2. The minimum atomic E-state index is 0.0565. The first-order chi connectivity index (χ1) is 10.8. The van der Waals surface area contributed by atoms with Crippen LogP contribution in [0.4, 0.5) is 0 Å². The third-order valence-electron chi connectivity index (χ3n) is 4.78. The van der Waals surface area contributed by atoms with Crippen LogP contribution in [-0.4, -0.2) is 10.5 Å². The van der Waals surface area contributed by atoms with Gasteiger partial charge in [0.25, 0.3) is 5.91 Å². The summed E-state index contributed by atoms with van der Waals surface area (Å²) in [6.07, 6.45) is 7.17. The number of aromatic nitrogens is 1. The third kappa shape index (κ3) is 2.16. The third-order valence-corrected chi connectivity index (χ3v) is 4.78. The van der Waals surface area contributed by atoms with Crippen LogP contribution < -0.4 is 0 Å². The van der Waals surface area contributed by atoms with Crippen molar-refractivity contribution in [2.45, 2.75) is 31.6 Å². The van der Waals surface area contributed by atoms with E-state index in [4.69, 9.17) is 0 Å². The van der Waals surface area contributed by atoms with Gasteiger partial charge in [0, 0.05) is 17.1 Å². The minimum absolute atomic E-state index is 0.0565. The van der Waals surface area contributed by atoms with Crippen molar-refractivity contribution in [1.29, 1.82) is 0 Å². The fourth-order valence-electron chi connectivity index (χ4n) is 3.66. The van der Waals surface area contributed by atoms with Crippen molar-refractivity contribution < 1.29 is 4.79 Å². The van der Waals surface area contributed by atoms with Crippen molar-refractivity contribution >= 4 is 16.8 Å². The molecular weight excluding hydrogens is 270 g/mol. The fourth-order valence-corrected chi connectivity index (χ4v) is 3.66. The lowest BCUT2D eigenvalue weighted by atomic mass is 9.97. The summed E-state index contributed by atoms with van der Waals surface area (Å²) in [5, 5.41) is 1.23. The van der Waals surface area contributed by atoms with Crippen molar-refractivity contribution in [3.05, 3.63) is 71.9 Å². The largest absolute Gasteiger partial charge is 0.283 e. The molecule has 0 atom stereocenters. The lowest BCUT2D eigenvalue weighted by molar-refractivity contribution is 0.0965. The van der Waals surface area contributed by atoms with E-state index in [-0.39, 0.29) is 5.91 Å². The Kier molecular flexibility index (Phi) is 3.30. The molecule has 3 aromatic rings. The normalized spacial score (nSPS) is 15.5. The highest BCUT2D eigenvalue weighted by Crippen LogP contribution is 2.38. The van der Waals surface area contributed by atoms with Gasteiger partial charge in [-0.3, -0.25) is 9.36 Å². The molecule has 0 aliphatic heterocycles. The highest BCUT2D eigenvalue weighted by molar-refractivity contribution is 6.03. The Morgan fingerprint density at radius 1 is 0.909 bits per heavy atom. The molecule has 2 aromatic carbocycles. The molecule has 0 unspecified atom stereocenters. The Bertz CT molecular complexity index is 810. The summed E-state index contributed by atoms with van der Waals surface area (Å²) in [6.45, 7) is 0. The summed E-state index contributed by atoms with van der Waals surface area (Å²) in [5.74, 6) is 0.663. The molecular formula is C20H19NO. The average Bonchev–Trinajstić information content (AvgIpc) is 3.22. The molecule has 1 aromatic heterocycles. The Morgan fingerprint density at radius 3 is 2.36 bits per heavy atom. The Hall–Kier alpha value is -2.35. The smallest absolute Gasteiger partial charge is 0.262 e. The number of hydrogen-bond donors (Lipinski definition) is 0. The van der Waals surface area contributed by atoms with E-state index in [2.05, 4.69) is 24.4 Å². The Balaban J connectivity index is 1.86. The number of fused-ring (bicyclic) bond motifs is 1. The van der Waals surface area contributed by atoms with Crippen LogP contribution in [-0.2, 0) is 0 Å². The van der Waals surface area contributed by atoms with E-state index in [1.165, 1.54) is 36.6 Å². The number of carbonyl (C=O) groups is 1. The van der Waals surface area contributed by atoms with E-state index < -0.39 is 0 Å². The van der Waals surface area contributed by atoms with Crippen LogP contribution in [0.5, 0.6) is 0 Å². The second-order valence-corrected chi connectivity index (χ2v) is 6.12. The summed E-state index contributed by atoms with van der Waals surface area (Å²) in [5.41, 5.74) is 3.11. The van der Waals surface area contributed by atoms with E-state index in [1.54, 1.807) is 0 Å². The van der Waals surface area contributed by atoms with Gasteiger partial charge in [0.05, 0.1) is 5.52 Å². The van der Waals surface area contributed by atoms with Gasteiger partial charge in [-0.15, -0.1) is 0 Å². The van der Waals surface area contributed by atoms with Gasteiger partial charge in [0.2, 0.25) is 0 Å². The summed E-state index contributed by atoms with van der Waals surface area (Å²) < 4.78 is 1.83. The van der Waals surface area contributed by atoms with Gasteiger partial charge in [-0.25, -0.2) is 0 Å². The number of carbonyl (C=O) groups excluding carboxylic acids is 1. The molecule has 4 rings (SSSR count). The number of benzene rings is 2. The molecule has 2 heteroatoms. The number of hydrogen-bond acceptors (Lipinski definition) is 1. The average molecular weight is 289 g/mol. The molecule has 22 heavy (non-hydrogen) atoms. The van der Waals surface area contributed by atoms with Crippen LogP contribution >= 0.6 is 0 Å². The molecule has 1 fully saturated rings. The monoisotopic (exact) mass is 289 g/mol. The molecule has 2 nitrogen and oxygen atoms in total. The van der Waals surface area contributed by atoms with Gasteiger partial charge in [-0.2, -0.15) is 0 Å². The topological polar surface area (TPSA) is 22.0 Å². The molecule has 1 aliphatic rings. The first kappa shape index (κ1) is 13.3. The first-order valence-electron chi connectivity index (χ1n) is 8.04. The van der Waals surface area contributed by atoms with Crippen molar-refractivity contribution in [3.63, 3.8) is 0 Å². The van der Waals surface area contributed by atoms with Crippen LogP contribution in [0.1, 0.15) is 47.5 Å². The zero-order chi connectivity index (χ0) is 14.9. The lowest BCUT2D eigenvalue weighted by Crippen LogP contribution is -2.10. The Labute approximate surface area is 130 Å². The van der Waals surface area contributed by atoms with Gasteiger partial charge in [0.1, 0.15) is 0 Å². The second-order valence-electron chi connectivity index (χ2n) is 6.12. The minimum Gasteiger partial charge on any atom is -0.283 e. The number of nitrogens with zero attached hydrogens (tertiary/aromatic N) is 1. The second kappa shape index (κ2) is 5.45. The molecule has 110 valence electrons. The van der Waals surface area contributed by atoms with Crippen molar-refractivity contribution in [3.8, 4) is 0 Å². The summed E-state index contributed by atoms with van der Waals surface area (Å²) in [4.78, 5) is 12.9. The molecule has 0 spiro atoms. The fraction of sp³-hybridized carbons (Fsp3) is 0.250. The van der Waals surface area contributed by atoms with Crippen LogP contribution in [0.3, 0.4) is 0 Å². The quantitative estimate of drug-likeness (QED) is 0.651. The maximum absolute atomic E-state index is 12.9. The van der Waals surface area contributed by atoms with Gasteiger partial charge in [0.15, 0.2) is 0 Å². The highest BCUT2D eigenvalue weighted by atomic mass is 16.2. The molecule has 0 bridgehead atoms. The number of para-hydroxylation sites is 1. The van der Waals surface area contributed by atoms with E-state index >= 15 is 0 Å². The zero-order valence-corrected chi connectivity index (χ0v) is 12.5. The molecule has 1 heterocycles. The van der Waals surface area contributed by atoms with E-state index in [1.807, 2.05) is 41.0 Å². The van der Waals surface area contributed by atoms with E-state index in [0.29, 0.717) is 5.92 Å². The lowest BCUT2D eigenvalue weighted by Gasteiger charge is -2.06. The molecule has 1 saturated carbocycles. The van der Waals surface area contributed by atoms with Gasteiger partial charge in [-0.05, 0) is 42.5 Å². The maximum atomic E-state index is 12.9. The predicted molar refractivity (Wildman–Crippen MR) is 89.3 cm³/mol. The summed E-state index contributed by atoms with van der Waals surface area (Å²) in [6, 6.07) is 17.8. The predicted octanol–water partition coefficient (Wildman–Crippen LogP) is 4.99. The molecule has 0 N–H and O–H groups in total. The SMILES string of the molecule is O=C(c1ccccc1)n1cc(C2CCCC2)c2ccccc21. The van der Waals surface area contributed by atoms with Crippen molar-refractivity contribution in [1.82, 2.24) is 4.57 Å². The summed E-state index contributed by atoms with van der Waals surface area (Å²) >= 11 is 0. The first-order valence-corrected chi connectivity index (χ1v) is 8.04. The van der Waals surface area contributed by atoms with Crippen LogP contribution in [0.15, 0.2) is 60.8 Å². The maximum Gasteiger partial charge on any atom is 0.262 e. The van der Waals surface area contributed by atoms with Gasteiger partial charge >= 0.3 is 0 Å². The van der Waals surface area contributed by atoms with Crippen LogP contribution in [0.25, 0.3) is 10.9 Å². The van der Waals surface area contributed by atoms with Crippen LogP contribution in [0, 0.1) is 0 Å². The van der Waals surface area contributed by atoms with E-state index in [9.17, 15) is 4.79 Å². The molecule has 1 aliphatic carbocycles. The molecule has 0 saturated heterocycles. The van der Waals surface area contributed by atoms with Crippen LogP contribution in [0.2, 0.25) is 0 Å². The Morgan fingerprint density at radius 2 is 1.59 bits per heavy atom. The zero-order valence-electron chi connectivity index (χ0n) is 12.5. The van der Waals surface area contributed by atoms with Crippen molar-refractivity contribution in [2.24, 2.45) is 0 Å². The van der Waals surface area contributed by atoms with E-state index in [0.717, 1.165) is 11.1 Å². The van der Waals surface area contributed by atoms with Gasteiger partial charge in [-0.1, -0.05) is 49.2 Å². The highest BCUT2D eigenvalue weighted by Gasteiger charge is 2.23. The van der Waals surface area contributed by atoms with Gasteiger partial charge < -0.3 is 0 Å². The van der Waals surface area contributed by atoms with Crippen molar-refractivity contribution in [2.75, 3.05) is 0 Å². The summed E-state index contributed by atoms with van der Waals surface area (Å²) in [7, 11) is 0. The molecule has 0 radical (unpaired) electrons.